The van der Waals surface area contributed by atoms with Crippen LogP contribution >= 0.6 is 22.6 Å². The molecule has 0 aliphatic heterocycles. The van der Waals surface area contributed by atoms with Crippen molar-refractivity contribution in [1.29, 1.82) is 0 Å². The highest BCUT2D eigenvalue weighted by Gasteiger charge is 2.62. The zero-order chi connectivity index (χ0) is 17.7. The summed E-state index contributed by atoms with van der Waals surface area (Å²) in [6, 6.07) is 6.25. The van der Waals surface area contributed by atoms with E-state index in [4.69, 9.17) is 14.7 Å². The van der Waals surface area contributed by atoms with Gasteiger partial charge in [-0.2, -0.15) is 0 Å². The minimum Gasteiger partial charge on any atom is -0.468 e. The molecular formula is C19H24INO4. The molecule has 136 valence electrons. The van der Waals surface area contributed by atoms with E-state index in [-0.39, 0.29) is 21.7 Å². The molecule has 0 saturated heterocycles. The lowest BCUT2D eigenvalue weighted by atomic mass is 9.55. The first kappa shape index (κ1) is 17.5. The first-order valence-corrected chi connectivity index (χ1v) is 10.1. The van der Waals surface area contributed by atoms with Crippen molar-refractivity contribution in [2.75, 3.05) is 6.79 Å². The topological polar surface area (TPSA) is 68.1 Å². The Morgan fingerprint density at radius 3 is 2.92 bits per heavy atom. The predicted molar refractivity (Wildman–Crippen MR) is 103 cm³/mol. The van der Waals surface area contributed by atoms with Gasteiger partial charge in [-0.05, 0) is 73.6 Å². The average Bonchev–Trinajstić information content (AvgIpc) is 2.93. The molecule has 5 unspecified atom stereocenters. The van der Waals surface area contributed by atoms with E-state index in [9.17, 15) is 4.91 Å². The Bertz CT molecular complexity index is 683. The standard InChI is InChI=1S/C19H24INO4/c1-18-8-7-15-14-3-2-13(24-11-22)10-12(14)6-9-19(15,20)16(18)4-5-17(18)25-21-23/h2-3,10,15-17,22H,4-9,11H2,1H3. The van der Waals surface area contributed by atoms with Gasteiger partial charge in [-0.1, -0.05) is 35.6 Å². The molecule has 3 aliphatic carbocycles. The van der Waals surface area contributed by atoms with Gasteiger partial charge < -0.3 is 14.7 Å². The lowest BCUT2D eigenvalue weighted by Crippen LogP contribution is -2.52. The molecule has 5 atom stereocenters. The zero-order valence-electron chi connectivity index (χ0n) is 14.4. The number of nitrogens with zero attached hydrogens (tertiary/aromatic N) is 1. The smallest absolute Gasteiger partial charge is 0.186 e. The Balaban J connectivity index is 1.67. The summed E-state index contributed by atoms with van der Waals surface area (Å²) in [5.74, 6) is 1.82. The maximum Gasteiger partial charge on any atom is 0.186 e. The maximum atomic E-state index is 10.7. The van der Waals surface area contributed by atoms with Crippen LogP contribution in [-0.2, 0) is 11.3 Å². The van der Waals surface area contributed by atoms with Gasteiger partial charge >= 0.3 is 0 Å². The van der Waals surface area contributed by atoms with Crippen LogP contribution in [0.15, 0.2) is 23.5 Å². The van der Waals surface area contributed by atoms with Crippen molar-refractivity contribution < 1.29 is 14.7 Å². The van der Waals surface area contributed by atoms with Gasteiger partial charge in [0.15, 0.2) is 12.1 Å². The fraction of sp³-hybridized carbons (Fsp3) is 0.684. The van der Waals surface area contributed by atoms with Gasteiger partial charge in [0.2, 0.25) is 0 Å². The second kappa shape index (κ2) is 6.37. The maximum absolute atomic E-state index is 10.7. The third-order valence-electron chi connectivity index (χ3n) is 7.05. The molecule has 3 aliphatic rings. The minimum absolute atomic E-state index is 0.0377. The number of rotatable bonds is 4. The average molecular weight is 457 g/mol. The Morgan fingerprint density at radius 2 is 2.16 bits per heavy atom. The number of hydrogen-bond acceptors (Lipinski definition) is 5. The third kappa shape index (κ3) is 2.59. The quantitative estimate of drug-likeness (QED) is 0.238. The summed E-state index contributed by atoms with van der Waals surface area (Å²) >= 11 is 2.72. The lowest BCUT2D eigenvalue weighted by molar-refractivity contribution is -0.0551. The number of benzene rings is 1. The van der Waals surface area contributed by atoms with Crippen molar-refractivity contribution in [2.45, 2.75) is 60.9 Å². The molecule has 1 aromatic carbocycles. The summed E-state index contributed by atoms with van der Waals surface area (Å²) in [5.41, 5.74) is 2.83. The first-order chi connectivity index (χ1) is 12.0. The summed E-state index contributed by atoms with van der Waals surface area (Å²) in [7, 11) is 0. The normalized spacial score (nSPS) is 39.1. The van der Waals surface area contributed by atoms with E-state index in [1.807, 2.05) is 6.07 Å². The number of fused-ring (bicyclic) bond motifs is 5. The Morgan fingerprint density at radius 1 is 1.32 bits per heavy atom. The third-order valence-corrected chi connectivity index (χ3v) is 9.09. The first-order valence-electron chi connectivity index (χ1n) is 9.07. The van der Waals surface area contributed by atoms with E-state index in [1.54, 1.807) is 0 Å². The predicted octanol–water partition coefficient (Wildman–Crippen LogP) is 4.50. The molecule has 2 fully saturated rings. The summed E-state index contributed by atoms with van der Waals surface area (Å²) < 4.78 is 5.46. The Kier molecular flexibility index (Phi) is 4.46. The fourth-order valence-electron chi connectivity index (χ4n) is 5.88. The van der Waals surface area contributed by atoms with Gasteiger partial charge in [0.25, 0.3) is 0 Å². The number of alkyl halides is 1. The van der Waals surface area contributed by atoms with E-state index in [0.29, 0.717) is 11.8 Å². The molecule has 25 heavy (non-hydrogen) atoms. The minimum atomic E-state index is -0.287. The van der Waals surface area contributed by atoms with Gasteiger partial charge in [-0.15, -0.1) is 4.91 Å². The Hall–Kier alpha value is -0.890. The number of aliphatic hydroxyl groups excluding tert-OH is 1. The zero-order valence-corrected chi connectivity index (χ0v) is 16.6. The molecule has 0 aromatic heterocycles. The summed E-state index contributed by atoms with van der Waals surface area (Å²) in [5, 5.41) is 11.7. The molecule has 0 radical (unpaired) electrons. The van der Waals surface area contributed by atoms with Gasteiger partial charge in [0.05, 0.1) is 0 Å². The van der Waals surface area contributed by atoms with Crippen LogP contribution in [0.5, 0.6) is 5.75 Å². The van der Waals surface area contributed by atoms with Gasteiger partial charge in [0, 0.05) is 8.84 Å². The Labute approximate surface area is 161 Å². The molecule has 4 rings (SSSR count). The van der Waals surface area contributed by atoms with Crippen molar-refractivity contribution in [3.8, 4) is 5.75 Å². The molecule has 1 aromatic rings. The SMILES string of the molecule is CC12CCC3c4ccc(OCO)cc4CCC3(I)C1CCC2ON=O. The monoisotopic (exact) mass is 457 g/mol. The second-order valence-corrected chi connectivity index (χ2v) is 9.96. The number of aliphatic hydroxyl groups is 1. The number of hydrogen-bond donors (Lipinski definition) is 1. The van der Waals surface area contributed by atoms with Gasteiger partial charge in [0.1, 0.15) is 11.9 Å². The number of halogens is 1. The molecule has 5 nitrogen and oxygen atoms in total. The van der Waals surface area contributed by atoms with Crippen molar-refractivity contribution in [1.82, 2.24) is 0 Å². The molecule has 6 heteroatoms. The van der Waals surface area contributed by atoms with Crippen molar-refractivity contribution in [3.63, 3.8) is 0 Å². The molecule has 0 spiro atoms. The molecule has 1 N–H and O–H groups in total. The van der Waals surface area contributed by atoms with Gasteiger partial charge in [-0.3, -0.25) is 0 Å². The van der Waals surface area contributed by atoms with Crippen LogP contribution in [0.25, 0.3) is 0 Å². The molecule has 2 saturated carbocycles. The second-order valence-electron chi connectivity index (χ2n) is 7.96. The summed E-state index contributed by atoms with van der Waals surface area (Å²) in [6.45, 7) is 2.01. The van der Waals surface area contributed by atoms with Crippen molar-refractivity contribution in [2.24, 2.45) is 16.7 Å². The van der Waals surface area contributed by atoms with E-state index < -0.39 is 0 Å². The molecule has 0 amide bonds. The summed E-state index contributed by atoms with van der Waals surface area (Å²) in [4.78, 5) is 15.9. The molecule has 0 bridgehead atoms. The fourth-order valence-corrected chi connectivity index (χ4v) is 7.82. The van der Waals surface area contributed by atoms with Crippen LogP contribution in [0.2, 0.25) is 0 Å². The van der Waals surface area contributed by atoms with Crippen LogP contribution in [0, 0.1) is 16.2 Å². The highest BCUT2D eigenvalue weighted by Crippen LogP contribution is 2.66. The van der Waals surface area contributed by atoms with Crippen LogP contribution < -0.4 is 4.74 Å². The van der Waals surface area contributed by atoms with Crippen LogP contribution in [-0.4, -0.2) is 21.4 Å². The largest absolute Gasteiger partial charge is 0.468 e. The molecule has 0 heterocycles. The van der Waals surface area contributed by atoms with E-state index in [2.05, 4.69) is 47.0 Å². The van der Waals surface area contributed by atoms with Crippen molar-refractivity contribution in [3.05, 3.63) is 34.2 Å². The highest BCUT2D eigenvalue weighted by molar-refractivity contribution is 14.1. The summed E-state index contributed by atoms with van der Waals surface area (Å²) in [6.07, 6.45) is 6.35. The number of ether oxygens (including phenoxy) is 1. The molecular weight excluding hydrogens is 433 g/mol. The highest BCUT2D eigenvalue weighted by atomic mass is 127. The van der Waals surface area contributed by atoms with Gasteiger partial charge in [-0.25, -0.2) is 0 Å². The van der Waals surface area contributed by atoms with E-state index in [0.717, 1.165) is 44.3 Å². The van der Waals surface area contributed by atoms with E-state index in [1.165, 1.54) is 11.1 Å². The van der Waals surface area contributed by atoms with Crippen LogP contribution in [0.4, 0.5) is 0 Å². The van der Waals surface area contributed by atoms with Crippen LogP contribution in [0.1, 0.15) is 56.1 Å². The number of aryl methyl sites for hydroxylation is 1. The lowest BCUT2D eigenvalue weighted by Gasteiger charge is -2.55. The van der Waals surface area contributed by atoms with Crippen LogP contribution in [0.3, 0.4) is 0 Å². The van der Waals surface area contributed by atoms with Crippen molar-refractivity contribution >= 4 is 22.6 Å². The van der Waals surface area contributed by atoms with E-state index >= 15 is 0 Å².